The molecule has 7 heteroatoms. The fourth-order valence-electron chi connectivity index (χ4n) is 4.47. The molecule has 0 aliphatic carbocycles. The molecule has 2 aliphatic heterocycles. The SMILES string of the molecule is CCc1cc2c(N3CCC4(CN(Cc5cncn5C)C4)C3)ncnc2s1. The first kappa shape index (κ1) is 16.2. The molecule has 0 amide bonds. The summed E-state index contributed by atoms with van der Waals surface area (Å²) in [6, 6.07) is 2.29. The number of likely N-dealkylation sites (tertiary alicyclic amines) is 1. The van der Waals surface area contributed by atoms with Crippen LogP contribution < -0.4 is 4.90 Å². The molecule has 2 aliphatic rings. The summed E-state index contributed by atoms with van der Waals surface area (Å²) in [5.74, 6) is 1.13. The van der Waals surface area contributed by atoms with E-state index in [1.165, 1.54) is 35.5 Å². The Bertz CT molecular complexity index is 939. The minimum absolute atomic E-state index is 0.430. The van der Waals surface area contributed by atoms with Crippen LogP contribution in [0.3, 0.4) is 0 Å². The average molecular weight is 369 g/mol. The van der Waals surface area contributed by atoms with Crippen LogP contribution in [-0.2, 0) is 20.0 Å². The van der Waals surface area contributed by atoms with E-state index in [4.69, 9.17) is 0 Å². The van der Waals surface area contributed by atoms with Gasteiger partial charge in [-0.3, -0.25) is 4.90 Å². The zero-order valence-electron chi connectivity index (χ0n) is 15.4. The van der Waals surface area contributed by atoms with Crippen LogP contribution in [0.5, 0.6) is 0 Å². The number of rotatable bonds is 4. The van der Waals surface area contributed by atoms with Gasteiger partial charge in [-0.05, 0) is 18.9 Å². The smallest absolute Gasteiger partial charge is 0.140 e. The number of thiophene rings is 1. The molecule has 3 aromatic heterocycles. The zero-order valence-corrected chi connectivity index (χ0v) is 16.2. The van der Waals surface area contributed by atoms with E-state index in [0.29, 0.717) is 5.41 Å². The quantitative estimate of drug-likeness (QED) is 0.709. The lowest BCUT2D eigenvalue weighted by Gasteiger charge is -2.48. The summed E-state index contributed by atoms with van der Waals surface area (Å²) in [4.78, 5) is 20.9. The van der Waals surface area contributed by atoms with Crippen LogP contribution >= 0.6 is 11.3 Å². The van der Waals surface area contributed by atoms with E-state index < -0.39 is 0 Å². The number of aromatic nitrogens is 4. The summed E-state index contributed by atoms with van der Waals surface area (Å²) >= 11 is 1.80. The van der Waals surface area contributed by atoms with Crippen molar-refractivity contribution in [2.45, 2.75) is 26.3 Å². The predicted octanol–water partition coefficient (Wildman–Crippen LogP) is 2.70. The van der Waals surface area contributed by atoms with E-state index >= 15 is 0 Å². The van der Waals surface area contributed by atoms with Gasteiger partial charge >= 0.3 is 0 Å². The molecule has 0 saturated carbocycles. The maximum Gasteiger partial charge on any atom is 0.140 e. The van der Waals surface area contributed by atoms with Crippen molar-refractivity contribution in [3.8, 4) is 0 Å². The Balaban J connectivity index is 1.30. The van der Waals surface area contributed by atoms with Crippen molar-refractivity contribution in [3.63, 3.8) is 0 Å². The highest BCUT2D eigenvalue weighted by molar-refractivity contribution is 7.18. The zero-order chi connectivity index (χ0) is 17.7. The molecule has 136 valence electrons. The molecule has 6 nitrogen and oxygen atoms in total. The monoisotopic (exact) mass is 368 g/mol. The van der Waals surface area contributed by atoms with Gasteiger partial charge in [0.2, 0.25) is 0 Å². The van der Waals surface area contributed by atoms with Gasteiger partial charge in [-0.25, -0.2) is 15.0 Å². The molecule has 2 fully saturated rings. The average Bonchev–Trinajstić information content (AvgIpc) is 3.32. The van der Waals surface area contributed by atoms with Crippen molar-refractivity contribution in [1.29, 1.82) is 0 Å². The third-order valence-electron chi connectivity index (χ3n) is 5.87. The lowest BCUT2D eigenvalue weighted by Crippen LogP contribution is -2.57. The second-order valence-electron chi connectivity index (χ2n) is 7.79. The number of hydrogen-bond donors (Lipinski definition) is 0. The number of nitrogens with zero attached hydrogens (tertiary/aromatic N) is 6. The molecule has 0 aromatic carbocycles. The van der Waals surface area contributed by atoms with E-state index in [-0.39, 0.29) is 0 Å². The Kier molecular flexibility index (Phi) is 3.76. The normalized spacial score (nSPS) is 19.5. The molecule has 0 N–H and O–H groups in total. The van der Waals surface area contributed by atoms with Crippen LogP contribution in [0.1, 0.15) is 23.9 Å². The number of fused-ring (bicyclic) bond motifs is 1. The third-order valence-corrected chi connectivity index (χ3v) is 7.05. The first-order valence-corrected chi connectivity index (χ1v) is 10.1. The van der Waals surface area contributed by atoms with Gasteiger partial charge in [-0.2, -0.15) is 0 Å². The molecule has 0 bridgehead atoms. The molecule has 1 spiro atoms. The second-order valence-corrected chi connectivity index (χ2v) is 8.91. The van der Waals surface area contributed by atoms with E-state index in [0.717, 1.165) is 36.7 Å². The van der Waals surface area contributed by atoms with Gasteiger partial charge in [-0.15, -0.1) is 11.3 Å². The summed E-state index contributed by atoms with van der Waals surface area (Å²) in [6.45, 7) is 7.76. The highest BCUT2D eigenvalue weighted by Crippen LogP contribution is 2.43. The maximum absolute atomic E-state index is 4.65. The van der Waals surface area contributed by atoms with Crippen molar-refractivity contribution in [2.75, 3.05) is 31.1 Å². The van der Waals surface area contributed by atoms with Crippen LogP contribution in [0, 0.1) is 5.41 Å². The number of hydrogen-bond acceptors (Lipinski definition) is 6. The fourth-order valence-corrected chi connectivity index (χ4v) is 5.40. The molecule has 2 saturated heterocycles. The third kappa shape index (κ3) is 2.61. The molecule has 3 aromatic rings. The standard InChI is InChI=1S/C19H24N6S/c1-3-15-6-16-17(21-12-22-18(16)26-15)25-5-4-19(11-25)9-24(10-19)8-14-7-20-13-23(14)2/h6-7,12-13H,3-5,8-11H2,1-2H3. The molecule has 0 radical (unpaired) electrons. The van der Waals surface area contributed by atoms with Gasteiger partial charge in [0.25, 0.3) is 0 Å². The first-order valence-electron chi connectivity index (χ1n) is 9.32. The summed E-state index contributed by atoms with van der Waals surface area (Å²) in [5, 5.41) is 1.23. The molecular weight excluding hydrogens is 344 g/mol. The maximum atomic E-state index is 4.65. The number of aryl methyl sites for hydroxylation is 2. The molecule has 0 unspecified atom stereocenters. The van der Waals surface area contributed by atoms with Crippen LogP contribution in [0.4, 0.5) is 5.82 Å². The molecule has 0 atom stereocenters. The molecule has 26 heavy (non-hydrogen) atoms. The summed E-state index contributed by atoms with van der Waals surface area (Å²) in [7, 11) is 2.07. The minimum atomic E-state index is 0.430. The molecular formula is C19H24N6S. The Hall–Kier alpha value is -1.99. The topological polar surface area (TPSA) is 50.1 Å². The van der Waals surface area contributed by atoms with Crippen molar-refractivity contribution in [3.05, 3.63) is 35.5 Å². The highest BCUT2D eigenvalue weighted by Gasteiger charge is 2.48. The van der Waals surface area contributed by atoms with Crippen molar-refractivity contribution in [1.82, 2.24) is 24.4 Å². The van der Waals surface area contributed by atoms with Crippen LogP contribution in [0.15, 0.2) is 24.9 Å². The summed E-state index contributed by atoms with van der Waals surface area (Å²) in [6.07, 6.45) is 7.91. The minimum Gasteiger partial charge on any atom is -0.355 e. The van der Waals surface area contributed by atoms with Crippen molar-refractivity contribution < 1.29 is 0 Å². The Morgan fingerprint density at radius 3 is 2.88 bits per heavy atom. The predicted molar refractivity (Wildman–Crippen MR) is 105 cm³/mol. The van der Waals surface area contributed by atoms with Gasteiger partial charge in [0, 0.05) is 56.3 Å². The van der Waals surface area contributed by atoms with Gasteiger partial charge in [-0.1, -0.05) is 6.92 Å². The van der Waals surface area contributed by atoms with Crippen LogP contribution in [0.2, 0.25) is 0 Å². The van der Waals surface area contributed by atoms with E-state index in [9.17, 15) is 0 Å². The molecule has 5 heterocycles. The van der Waals surface area contributed by atoms with Gasteiger partial charge < -0.3 is 9.47 Å². The Labute approximate surface area is 157 Å². The van der Waals surface area contributed by atoms with E-state index in [2.05, 4.69) is 49.4 Å². The number of anilines is 1. The fraction of sp³-hybridized carbons (Fsp3) is 0.526. The summed E-state index contributed by atoms with van der Waals surface area (Å²) in [5.41, 5.74) is 1.72. The lowest BCUT2D eigenvalue weighted by molar-refractivity contribution is 0.0101. The first-order chi connectivity index (χ1) is 12.7. The largest absolute Gasteiger partial charge is 0.355 e. The number of imidazole rings is 1. The Morgan fingerprint density at radius 1 is 1.23 bits per heavy atom. The van der Waals surface area contributed by atoms with Crippen molar-refractivity contribution >= 4 is 27.4 Å². The highest BCUT2D eigenvalue weighted by atomic mass is 32.1. The van der Waals surface area contributed by atoms with Crippen LogP contribution in [0.25, 0.3) is 10.2 Å². The van der Waals surface area contributed by atoms with Crippen molar-refractivity contribution in [2.24, 2.45) is 12.5 Å². The second kappa shape index (κ2) is 6.03. The molecule has 5 rings (SSSR count). The van der Waals surface area contributed by atoms with Gasteiger partial charge in [0.1, 0.15) is 17.0 Å². The van der Waals surface area contributed by atoms with Gasteiger partial charge in [0.05, 0.1) is 17.4 Å². The van der Waals surface area contributed by atoms with Crippen LogP contribution in [-0.4, -0.2) is 50.6 Å². The van der Waals surface area contributed by atoms with E-state index in [1.54, 1.807) is 17.7 Å². The van der Waals surface area contributed by atoms with E-state index in [1.807, 2.05) is 12.5 Å². The Morgan fingerprint density at radius 2 is 2.12 bits per heavy atom. The van der Waals surface area contributed by atoms with Gasteiger partial charge in [0.15, 0.2) is 0 Å². The lowest BCUT2D eigenvalue weighted by atomic mass is 9.79. The summed E-state index contributed by atoms with van der Waals surface area (Å²) < 4.78 is 2.12.